The summed E-state index contributed by atoms with van der Waals surface area (Å²) in [5.74, 6) is 0. The highest BCUT2D eigenvalue weighted by Gasteiger charge is 2.19. The van der Waals surface area contributed by atoms with Crippen LogP contribution in [0.3, 0.4) is 0 Å². The number of fused-ring (bicyclic) bond motifs is 6. The SMILES string of the molecule is CCCCc1ccc2c(c1)oc1cccc(-c3ccc4cccc(-c5c6ccccc6c(-c6ccccc6)c6ccccc56)c4c3)c12. The molecule has 224 valence electrons. The Bertz CT molecular complexity index is 2550. The monoisotopic (exact) mass is 602 g/mol. The van der Waals surface area contributed by atoms with Gasteiger partial charge in [0, 0.05) is 10.8 Å². The maximum Gasteiger partial charge on any atom is 0.136 e. The number of rotatable bonds is 6. The lowest BCUT2D eigenvalue weighted by molar-refractivity contribution is 0.667. The number of unbranched alkanes of at least 4 members (excludes halogenated alkanes) is 1. The molecule has 0 unspecified atom stereocenters. The van der Waals surface area contributed by atoms with Gasteiger partial charge in [0.1, 0.15) is 11.2 Å². The van der Waals surface area contributed by atoms with E-state index in [2.05, 4.69) is 159 Å². The number of hydrogen-bond donors (Lipinski definition) is 0. The minimum Gasteiger partial charge on any atom is -0.456 e. The molecular weight excluding hydrogens is 569 g/mol. The zero-order chi connectivity index (χ0) is 31.3. The van der Waals surface area contributed by atoms with Crippen LogP contribution in [-0.4, -0.2) is 0 Å². The smallest absolute Gasteiger partial charge is 0.136 e. The van der Waals surface area contributed by atoms with Gasteiger partial charge in [-0.2, -0.15) is 0 Å². The van der Waals surface area contributed by atoms with E-state index in [1.807, 2.05) is 0 Å². The first-order chi connectivity index (χ1) is 23.3. The van der Waals surface area contributed by atoms with Gasteiger partial charge in [0.2, 0.25) is 0 Å². The van der Waals surface area contributed by atoms with E-state index in [1.165, 1.54) is 94.9 Å². The summed E-state index contributed by atoms with van der Waals surface area (Å²) < 4.78 is 6.46. The highest BCUT2D eigenvalue weighted by Crippen LogP contribution is 2.46. The molecule has 9 rings (SSSR count). The quantitative estimate of drug-likeness (QED) is 0.173. The van der Waals surface area contributed by atoms with Gasteiger partial charge >= 0.3 is 0 Å². The Hall–Kier alpha value is -5.66. The predicted molar refractivity (Wildman–Crippen MR) is 201 cm³/mol. The van der Waals surface area contributed by atoms with E-state index in [9.17, 15) is 0 Å². The molecule has 47 heavy (non-hydrogen) atoms. The summed E-state index contributed by atoms with van der Waals surface area (Å²) in [6, 6.07) is 55.5. The van der Waals surface area contributed by atoms with E-state index >= 15 is 0 Å². The summed E-state index contributed by atoms with van der Waals surface area (Å²) in [6.07, 6.45) is 3.46. The third-order valence-corrected chi connectivity index (χ3v) is 9.84. The zero-order valence-electron chi connectivity index (χ0n) is 26.5. The molecule has 0 aliphatic heterocycles. The third kappa shape index (κ3) is 4.54. The van der Waals surface area contributed by atoms with Crippen molar-refractivity contribution in [2.45, 2.75) is 26.2 Å². The molecule has 0 aliphatic rings. The molecule has 1 heteroatoms. The molecule has 1 nitrogen and oxygen atoms in total. The van der Waals surface area contributed by atoms with Gasteiger partial charge in [-0.15, -0.1) is 0 Å². The van der Waals surface area contributed by atoms with Gasteiger partial charge in [-0.3, -0.25) is 0 Å². The van der Waals surface area contributed by atoms with Gasteiger partial charge in [0.25, 0.3) is 0 Å². The third-order valence-electron chi connectivity index (χ3n) is 9.84. The van der Waals surface area contributed by atoms with E-state index in [1.54, 1.807) is 0 Å². The summed E-state index contributed by atoms with van der Waals surface area (Å²) in [5, 5.41) is 9.93. The second-order valence-electron chi connectivity index (χ2n) is 12.7. The van der Waals surface area contributed by atoms with Crippen molar-refractivity contribution in [3.05, 3.63) is 157 Å². The van der Waals surface area contributed by atoms with Crippen LogP contribution in [0.4, 0.5) is 0 Å². The van der Waals surface area contributed by atoms with Gasteiger partial charge in [0.05, 0.1) is 0 Å². The minimum atomic E-state index is 0.937. The summed E-state index contributed by atoms with van der Waals surface area (Å²) in [4.78, 5) is 0. The van der Waals surface area contributed by atoms with Crippen LogP contribution in [0.2, 0.25) is 0 Å². The van der Waals surface area contributed by atoms with E-state index in [4.69, 9.17) is 4.42 Å². The lowest BCUT2D eigenvalue weighted by Crippen LogP contribution is -1.91. The molecule has 0 N–H and O–H groups in total. The molecule has 0 radical (unpaired) electrons. The average molecular weight is 603 g/mol. The van der Waals surface area contributed by atoms with Crippen LogP contribution < -0.4 is 0 Å². The van der Waals surface area contributed by atoms with Crippen molar-refractivity contribution in [2.24, 2.45) is 0 Å². The normalized spacial score (nSPS) is 11.8. The number of hydrogen-bond acceptors (Lipinski definition) is 1. The van der Waals surface area contributed by atoms with Crippen molar-refractivity contribution in [3.63, 3.8) is 0 Å². The van der Waals surface area contributed by atoms with Crippen LogP contribution in [0.15, 0.2) is 156 Å². The molecule has 0 atom stereocenters. The van der Waals surface area contributed by atoms with E-state index in [-0.39, 0.29) is 0 Å². The highest BCUT2D eigenvalue weighted by molar-refractivity contribution is 6.24. The molecule has 0 bridgehead atoms. The first-order valence-corrected chi connectivity index (χ1v) is 16.7. The maximum atomic E-state index is 6.46. The average Bonchev–Trinajstić information content (AvgIpc) is 3.51. The van der Waals surface area contributed by atoms with Crippen molar-refractivity contribution < 1.29 is 4.42 Å². The van der Waals surface area contributed by atoms with Gasteiger partial charge in [0.15, 0.2) is 0 Å². The fourth-order valence-electron chi connectivity index (χ4n) is 7.64. The summed E-state index contributed by atoms with van der Waals surface area (Å²) >= 11 is 0. The van der Waals surface area contributed by atoms with Crippen LogP contribution >= 0.6 is 0 Å². The molecule has 0 amide bonds. The fraction of sp³-hybridized carbons (Fsp3) is 0.0870. The van der Waals surface area contributed by atoms with Crippen LogP contribution in [0.1, 0.15) is 25.3 Å². The van der Waals surface area contributed by atoms with E-state index < -0.39 is 0 Å². The maximum absolute atomic E-state index is 6.46. The lowest BCUT2D eigenvalue weighted by Gasteiger charge is -2.19. The van der Waals surface area contributed by atoms with Crippen LogP contribution in [0.5, 0.6) is 0 Å². The molecule has 9 aromatic rings. The fourth-order valence-corrected chi connectivity index (χ4v) is 7.64. The molecule has 1 heterocycles. The van der Waals surface area contributed by atoms with Gasteiger partial charge in [-0.1, -0.05) is 147 Å². The standard InChI is InChI=1S/C46H34O/c1-2-3-13-30-24-27-40-43(28-30)47-42-23-12-21-34(46(40)42)33-26-25-31-16-11-22-39(41(31)29-33)45-37-19-9-7-17-35(37)44(32-14-5-4-6-15-32)36-18-8-10-20-38(36)45/h4-12,14-29H,2-3,13H2,1H3. The second kappa shape index (κ2) is 11.3. The molecule has 8 aromatic carbocycles. The Labute approximate surface area is 274 Å². The molecule has 0 saturated heterocycles. The first kappa shape index (κ1) is 27.6. The Morgan fingerprint density at radius 1 is 0.447 bits per heavy atom. The molecule has 0 saturated carbocycles. The molecule has 1 aromatic heterocycles. The van der Waals surface area contributed by atoms with Crippen LogP contribution in [0.25, 0.3) is 87.6 Å². The van der Waals surface area contributed by atoms with Gasteiger partial charge in [-0.05, 0) is 102 Å². The number of furan rings is 1. The van der Waals surface area contributed by atoms with Gasteiger partial charge in [-0.25, -0.2) is 0 Å². The Morgan fingerprint density at radius 2 is 1.13 bits per heavy atom. The Morgan fingerprint density at radius 3 is 1.87 bits per heavy atom. The first-order valence-electron chi connectivity index (χ1n) is 16.7. The van der Waals surface area contributed by atoms with Crippen molar-refractivity contribution in [1.82, 2.24) is 0 Å². The Balaban J connectivity index is 1.30. The minimum absolute atomic E-state index is 0.937. The van der Waals surface area contributed by atoms with Crippen molar-refractivity contribution >= 4 is 54.3 Å². The second-order valence-corrected chi connectivity index (χ2v) is 12.7. The van der Waals surface area contributed by atoms with Crippen LogP contribution in [-0.2, 0) is 6.42 Å². The van der Waals surface area contributed by atoms with E-state index in [0.29, 0.717) is 0 Å². The summed E-state index contributed by atoms with van der Waals surface area (Å²) in [6.45, 7) is 2.24. The molecule has 0 spiro atoms. The van der Waals surface area contributed by atoms with Crippen molar-refractivity contribution in [3.8, 4) is 33.4 Å². The van der Waals surface area contributed by atoms with E-state index in [0.717, 1.165) is 17.6 Å². The largest absolute Gasteiger partial charge is 0.456 e. The highest BCUT2D eigenvalue weighted by atomic mass is 16.3. The molecular formula is C46H34O. The topological polar surface area (TPSA) is 13.1 Å². The Kier molecular flexibility index (Phi) is 6.64. The van der Waals surface area contributed by atoms with Crippen LogP contribution in [0, 0.1) is 0 Å². The molecule has 0 fully saturated rings. The summed E-state index contributed by atoms with van der Waals surface area (Å²) in [7, 11) is 0. The van der Waals surface area contributed by atoms with Crippen molar-refractivity contribution in [2.75, 3.05) is 0 Å². The number of benzene rings is 8. The van der Waals surface area contributed by atoms with Crippen molar-refractivity contribution in [1.29, 1.82) is 0 Å². The summed E-state index contributed by atoms with van der Waals surface area (Å²) in [5.41, 5.74) is 10.7. The zero-order valence-corrected chi connectivity index (χ0v) is 26.5. The number of aryl methyl sites for hydroxylation is 1. The predicted octanol–water partition coefficient (Wildman–Crippen LogP) is 13.4. The van der Waals surface area contributed by atoms with Gasteiger partial charge < -0.3 is 4.42 Å². The molecule has 0 aliphatic carbocycles. The lowest BCUT2D eigenvalue weighted by atomic mass is 9.84.